The lowest BCUT2D eigenvalue weighted by atomic mass is 9.58. The molecule has 3 aromatic rings. The Balaban J connectivity index is 1.36. The number of aliphatic carboxylic acids is 1. The van der Waals surface area contributed by atoms with Crippen LogP contribution < -0.4 is 10.4 Å². The Morgan fingerprint density at radius 3 is 2.22 bits per heavy atom. The van der Waals surface area contributed by atoms with Crippen LogP contribution in [0.4, 0.5) is 0 Å². The zero-order valence-electron chi connectivity index (χ0n) is 32.4. The predicted molar refractivity (Wildman–Crippen MR) is 214 cm³/mol. The SMILES string of the molecule is C/C(=C\c1ccc(CO)o1)CC[C@H]1OB(O)C[C@H]2C1=C(CO[Si](c1ccccc1)(c1ccccc1)C(C)(C)C)C[C@H]1C(=O)N(CCCCCC(=O)O)C(=O)[C@H]12. The van der Waals surface area contributed by atoms with Gasteiger partial charge in [0.2, 0.25) is 11.8 Å². The molecule has 3 N–H and O–H groups in total. The van der Waals surface area contributed by atoms with E-state index in [1.807, 2.05) is 55.5 Å². The second-order valence-electron chi connectivity index (χ2n) is 16.3. The van der Waals surface area contributed by atoms with Gasteiger partial charge in [0.25, 0.3) is 8.32 Å². The van der Waals surface area contributed by atoms with E-state index in [1.54, 1.807) is 6.07 Å². The highest BCUT2D eigenvalue weighted by Gasteiger charge is 2.58. The second kappa shape index (κ2) is 17.4. The van der Waals surface area contributed by atoms with Crippen LogP contribution in [0.15, 0.2) is 93.9 Å². The molecule has 0 saturated carbocycles. The van der Waals surface area contributed by atoms with Crippen LogP contribution in [0.1, 0.15) is 84.2 Å². The zero-order valence-corrected chi connectivity index (χ0v) is 33.4. The van der Waals surface area contributed by atoms with Gasteiger partial charge in [0.05, 0.1) is 24.5 Å². The van der Waals surface area contributed by atoms with Gasteiger partial charge in [0.1, 0.15) is 18.1 Å². The maximum Gasteiger partial charge on any atom is 0.455 e. The number of furan rings is 1. The summed E-state index contributed by atoms with van der Waals surface area (Å²) in [7, 11) is -4.09. The van der Waals surface area contributed by atoms with Crippen molar-refractivity contribution >= 4 is 49.7 Å². The van der Waals surface area contributed by atoms with Crippen LogP contribution in [0, 0.1) is 17.8 Å². The molecule has 12 heteroatoms. The number of hydrogen-bond donors (Lipinski definition) is 3. The first kappa shape index (κ1) is 40.6. The number of fused-ring (bicyclic) bond motifs is 3. The molecule has 292 valence electrons. The fourth-order valence-electron chi connectivity index (χ4n) is 9.09. The van der Waals surface area contributed by atoms with Crippen molar-refractivity contribution in [1.29, 1.82) is 0 Å². The highest BCUT2D eigenvalue weighted by molar-refractivity contribution is 6.99. The van der Waals surface area contributed by atoms with Gasteiger partial charge in [-0.2, -0.15) is 0 Å². The van der Waals surface area contributed by atoms with Crippen molar-refractivity contribution in [3.8, 4) is 0 Å². The molecule has 3 aliphatic rings. The molecule has 0 radical (unpaired) electrons. The summed E-state index contributed by atoms with van der Waals surface area (Å²) >= 11 is 0. The number of hydrogen-bond acceptors (Lipinski definition) is 8. The maximum atomic E-state index is 14.2. The minimum absolute atomic E-state index is 0.0519. The molecule has 2 aliphatic heterocycles. The first-order valence-corrected chi connectivity index (χ1v) is 21.5. The lowest BCUT2D eigenvalue weighted by molar-refractivity contribution is -0.141. The zero-order chi connectivity index (χ0) is 39.3. The van der Waals surface area contributed by atoms with E-state index in [2.05, 4.69) is 45.0 Å². The minimum atomic E-state index is -2.98. The third-order valence-electron chi connectivity index (χ3n) is 11.6. The molecule has 1 aliphatic carbocycles. The Bertz CT molecular complexity index is 1850. The van der Waals surface area contributed by atoms with Crippen LogP contribution >= 0.6 is 0 Å². The average molecular weight is 768 g/mol. The summed E-state index contributed by atoms with van der Waals surface area (Å²) < 4.78 is 19.5. The van der Waals surface area contributed by atoms with E-state index in [9.17, 15) is 24.5 Å². The third-order valence-corrected chi connectivity index (χ3v) is 16.6. The Kier molecular flexibility index (Phi) is 12.8. The van der Waals surface area contributed by atoms with E-state index in [-0.39, 0.29) is 49.4 Å². The van der Waals surface area contributed by atoms with E-state index in [0.29, 0.717) is 50.0 Å². The number of carboxylic acids is 1. The summed E-state index contributed by atoms with van der Waals surface area (Å²) in [6.07, 6.45) is 4.81. The molecule has 3 heterocycles. The van der Waals surface area contributed by atoms with Gasteiger partial charge in [-0.1, -0.05) is 93.4 Å². The number of rotatable bonds is 16. The minimum Gasteiger partial charge on any atom is -0.481 e. The van der Waals surface area contributed by atoms with Crippen LogP contribution in [-0.2, 0) is 30.1 Å². The lowest BCUT2D eigenvalue weighted by Gasteiger charge is -2.46. The number of aliphatic hydroxyl groups is 1. The number of aliphatic hydroxyl groups excluding tert-OH is 1. The normalized spacial score (nSPS) is 22.0. The molecule has 1 aromatic heterocycles. The van der Waals surface area contributed by atoms with E-state index in [0.717, 1.165) is 27.1 Å². The topological polar surface area (TPSA) is 147 Å². The van der Waals surface area contributed by atoms with Gasteiger partial charge in [-0.3, -0.25) is 19.3 Å². The van der Waals surface area contributed by atoms with Gasteiger partial charge < -0.3 is 28.7 Å². The molecule has 2 aromatic carbocycles. The number of imide groups is 1. The van der Waals surface area contributed by atoms with E-state index in [4.69, 9.17) is 18.6 Å². The molecule has 10 nitrogen and oxygen atoms in total. The van der Waals surface area contributed by atoms with Crippen LogP contribution in [0.3, 0.4) is 0 Å². The van der Waals surface area contributed by atoms with Crippen molar-refractivity contribution < 1.29 is 43.1 Å². The average Bonchev–Trinajstić information content (AvgIpc) is 3.71. The monoisotopic (exact) mass is 767 g/mol. The molecule has 2 amide bonds. The highest BCUT2D eigenvalue weighted by atomic mass is 28.4. The summed E-state index contributed by atoms with van der Waals surface area (Å²) in [5.74, 6) is -1.75. The van der Waals surface area contributed by atoms with E-state index in [1.165, 1.54) is 4.90 Å². The molecule has 2 fully saturated rings. The molecule has 2 saturated heterocycles. The number of nitrogens with zero attached hydrogens (tertiary/aromatic N) is 1. The fourth-order valence-corrected chi connectivity index (χ4v) is 13.6. The Labute approximate surface area is 325 Å². The fraction of sp³-hybridized carbons (Fsp3) is 0.465. The summed E-state index contributed by atoms with van der Waals surface area (Å²) in [6.45, 7) is 9.00. The first-order chi connectivity index (χ1) is 26.3. The van der Waals surface area contributed by atoms with E-state index < -0.39 is 45.3 Å². The van der Waals surface area contributed by atoms with Gasteiger partial charge in [0.15, 0.2) is 0 Å². The number of benzene rings is 2. The standard InChI is InChI=1S/C43H54BNO9Si/c1-29(24-31-20-21-32(27-46)53-31)19-22-37-39-30(28-52-55(43(2,3)4,33-14-8-5-9-15-33)34-16-10-6-11-17-34)25-35-40(36(39)26-44(51)54-37)42(50)45(41(35)49)23-13-7-12-18-38(47)48/h5-6,8-11,14-17,20-21,24,35-37,40,46,51H,7,12-13,18-19,22-23,25-28H2,1-4H3,(H,47,48)/b29-24+/t35-,36+,37-,40-/m1/s1. The molecule has 0 spiro atoms. The summed E-state index contributed by atoms with van der Waals surface area (Å²) in [5, 5.41) is 31.7. The quantitative estimate of drug-likeness (QED) is 0.0694. The van der Waals surface area contributed by atoms with Gasteiger partial charge in [-0.15, -0.1) is 0 Å². The molecule has 0 bridgehead atoms. The van der Waals surface area contributed by atoms with Crippen LogP contribution in [-0.4, -0.2) is 72.6 Å². The first-order valence-electron chi connectivity index (χ1n) is 19.6. The molecule has 0 unspecified atom stereocenters. The van der Waals surface area contributed by atoms with Gasteiger partial charge in [-0.25, -0.2) is 0 Å². The van der Waals surface area contributed by atoms with Crippen molar-refractivity contribution in [1.82, 2.24) is 4.90 Å². The smallest absolute Gasteiger partial charge is 0.455 e. The Morgan fingerprint density at radius 1 is 0.945 bits per heavy atom. The molecular formula is C43H54BNO9Si. The third kappa shape index (κ3) is 8.68. The number of likely N-dealkylation sites (tertiary alicyclic amines) is 1. The number of carboxylic acid groups (broad SMARTS) is 1. The van der Waals surface area contributed by atoms with Crippen molar-refractivity contribution in [3.63, 3.8) is 0 Å². The number of allylic oxidation sites excluding steroid dienone is 1. The Hall–Kier alpha value is -4.07. The van der Waals surface area contributed by atoms with Gasteiger partial charge >= 0.3 is 13.1 Å². The summed E-state index contributed by atoms with van der Waals surface area (Å²) in [4.78, 5) is 40.8. The second-order valence-corrected chi connectivity index (χ2v) is 20.6. The largest absolute Gasteiger partial charge is 0.481 e. The maximum absolute atomic E-state index is 14.2. The number of amides is 2. The molecule has 4 atom stereocenters. The Morgan fingerprint density at radius 2 is 1.62 bits per heavy atom. The molecule has 55 heavy (non-hydrogen) atoms. The van der Waals surface area contributed by atoms with Gasteiger partial charge in [0, 0.05) is 13.0 Å². The predicted octanol–water partition coefficient (Wildman–Crippen LogP) is 5.97. The molecular weight excluding hydrogens is 713 g/mol. The van der Waals surface area contributed by atoms with Crippen LogP contribution in [0.25, 0.3) is 6.08 Å². The highest BCUT2D eigenvalue weighted by Crippen LogP contribution is 2.51. The van der Waals surface area contributed by atoms with Crippen molar-refractivity contribution in [2.45, 2.75) is 96.7 Å². The number of carbonyl (C=O) groups excluding carboxylic acids is 2. The van der Waals surface area contributed by atoms with E-state index >= 15 is 0 Å². The van der Waals surface area contributed by atoms with Crippen LogP contribution in [0.2, 0.25) is 11.4 Å². The van der Waals surface area contributed by atoms with Crippen molar-refractivity contribution in [2.75, 3.05) is 13.2 Å². The van der Waals surface area contributed by atoms with Crippen LogP contribution in [0.5, 0.6) is 0 Å². The lowest BCUT2D eigenvalue weighted by Crippen LogP contribution is -2.66. The summed E-state index contributed by atoms with van der Waals surface area (Å²) in [6, 6.07) is 24.4. The van der Waals surface area contributed by atoms with Crippen molar-refractivity contribution in [3.05, 3.63) is 101 Å². The number of unbranched alkanes of at least 4 members (excludes halogenated alkanes) is 2. The van der Waals surface area contributed by atoms with Crippen molar-refractivity contribution in [2.24, 2.45) is 17.8 Å². The summed E-state index contributed by atoms with van der Waals surface area (Å²) in [5.41, 5.74) is 2.95. The van der Waals surface area contributed by atoms with Gasteiger partial charge in [-0.05, 0) is 96.0 Å². The molecule has 6 rings (SSSR count). The number of carbonyl (C=O) groups is 3.